The van der Waals surface area contributed by atoms with E-state index in [9.17, 15) is 0 Å². The van der Waals surface area contributed by atoms with E-state index in [-0.39, 0.29) is 0 Å². The third-order valence-corrected chi connectivity index (χ3v) is 6.42. The van der Waals surface area contributed by atoms with Crippen molar-refractivity contribution in [2.24, 2.45) is 0 Å². The Balaban J connectivity index is 1.38. The second-order valence-corrected chi connectivity index (χ2v) is 8.68. The second kappa shape index (κ2) is 9.90. The molecule has 1 saturated carbocycles. The predicted molar refractivity (Wildman–Crippen MR) is 129 cm³/mol. The first kappa shape index (κ1) is 21.2. The van der Waals surface area contributed by atoms with Crippen LogP contribution in [0.1, 0.15) is 61.7 Å². The first-order valence-corrected chi connectivity index (χ1v) is 11.8. The van der Waals surface area contributed by atoms with Crippen molar-refractivity contribution in [1.82, 2.24) is 35.4 Å². The van der Waals surface area contributed by atoms with E-state index < -0.39 is 0 Å². The van der Waals surface area contributed by atoms with Crippen molar-refractivity contribution in [2.45, 2.75) is 57.4 Å². The van der Waals surface area contributed by atoms with Crippen LogP contribution in [0.2, 0.25) is 0 Å². The van der Waals surface area contributed by atoms with Crippen LogP contribution in [-0.2, 0) is 13.0 Å². The van der Waals surface area contributed by atoms with Crippen molar-refractivity contribution in [1.29, 1.82) is 0 Å². The summed E-state index contributed by atoms with van der Waals surface area (Å²) in [6.45, 7) is 4.70. The number of hydrogen-bond acceptors (Lipinski definition) is 5. The Kier molecular flexibility index (Phi) is 6.37. The number of allylic oxidation sites excluding steroid dienone is 1. The van der Waals surface area contributed by atoms with E-state index in [1.165, 1.54) is 37.7 Å². The smallest absolute Gasteiger partial charge is 0.205 e. The summed E-state index contributed by atoms with van der Waals surface area (Å²) in [6.07, 6.45) is 9.93. The van der Waals surface area contributed by atoms with Gasteiger partial charge in [0.1, 0.15) is 5.82 Å². The molecule has 2 heterocycles. The summed E-state index contributed by atoms with van der Waals surface area (Å²) >= 11 is 0. The zero-order chi connectivity index (χ0) is 22.5. The second-order valence-electron chi connectivity index (χ2n) is 8.68. The molecule has 0 amide bonds. The van der Waals surface area contributed by atoms with E-state index in [0.717, 1.165) is 47.7 Å². The third kappa shape index (κ3) is 4.77. The van der Waals surface area contributed by atoms with Gasteiger partial charge in [-0.05, 0) is 41.2 Å². The summed E-state index contributed by atoms with van der Waals surface area (Å²) in [6, 6.07) is 16.8. The Morgan fingerprint density at radius 3 is 2.52 bits per heavy atom. The fourth-order valence-corrected chi connectivity index (χ4v) is 4.64. The van der Waals surface area contributed by atoms with E-state index in [4.69, 9.17) is 10.1 Å². The Bertz CT molecular complexity index is 1190. The number of H-pyrrole nitrogens is 1. The molecule has 168 valence electrons. The van der Waals surface area contributed by atoms with E-state index >= 15 is 0 Å². The van der Waals surface area contributed by atoms with Crippen molar-refractivity contribution in [2.75, 3.05) is 0 Å². The van der Waals surface area contributed by atoms with Gasteiger partial charge in [-0.1, -0.05) is 73.9 Å². The average Bonchev–Trinajstić information content (AvgIpc) is 3.54. The minimum Gasteiger partial charge on any atom is -0.249 e. The molecule has 2 aromatic heterocycles. The summed E-state index contributed by atoms with van der Waals surface area (Å²) in [5.74, 6) is 3.17. The van der Waals surface area contributed by atoms with Gasteiger partial charge in [-0.25, -0.2) is 9.67 Å². The molecule has 4 aromatic rings. The van der Waals surface area contributed by atoms with Crippen LogP contribution in [0, 0.1) is 0 Å². The standard InChI is InChI=1S/C26H29N7/c1-2-3-17-33-24(27-25(30-33)21-9-5-4-6-10-21)18-19-13-15-20(16-14-19)22-11-7-8-12-23(22)26-28-31-32-29-26/h2,7-8,11-16,21H,1,3-6,9-10,17-18H2,(H,28,29,31,32). The highest BCUT2D eigenvalue weighted by molar-refractivity contribution is 5.80. The summed E-state index contributed by atoms with van der Waals surface area (Å²) in [5, 5.41) is 19.4. The number of hydrogen-bond donors (Lipinski definition) is 1. The maximum atomic E-state index is 5.00. The van der Waals surface area contributed by atoms with Crippen molar-refractivity contribution >= 4 is 0 Å². The van der Waals surface area contributed by atoms with Crippen molar-refractivity contribution in [3.8, 4) is 22.5 Å². The van der Waals surface area contributed by atoms with Crippen LogP contribution in [0.15, 0.2) is 61.2 Å². The molecule has 5 rings (SSSR count). The molecular formula is C26H29N7. The number of rotatable bonds is 8. The topological polar surface area (TPSA) is 85.2 Å². The molecule has 0 aliphatic heterocycles. The van der Waals surface area contributed by atoms with E-state index in [2.05, 4.69) is 62.2 Å². The van der Waals surface area contributed by atoms with Gasteiger partial charge in [0.2, 0.25) is 5.82 Å². The molecule has 1 N–H and O–H groups in total. The summed E-state index contributed by atoms with van der Waals surface area (Å²) in [7, 11) is 0. The van der Waals surface area contributed by atoms with Crippen LogP contribution < -0.4 is 0 Å². The molecule has 0 spiro atoms. The van der Waals surface area contributed by atoms with Crippen molar-refractivity contribution in [3.63, 3.8) is 0 Å². The maximum Gasteiger partial charge on any atom is 0.205 e. The normalized spacial score (nSPS) is 14.4. The van der Waals surface area contributed by atoms with Crippen LogP contribution in [0.4, 0.5) is 0 Å². The van der Waals surface area contributed by atoms with Gasteiger partial charge in [0.25, 0.3) is 0 Å². The summed E-state index contributed by atoms with van der Waals surface area (Å²) in [5.41, 5.74) is 4.38. The van der Waals surface area contributed by atoms with Gasteiger partial charge in [-0.15, -0.1) is 16.8 Å². The van der Waals surface area contributed by atoms with Crippen molar-refractivity contribution < 1.29 is 0 Å². The number of aromatic amines is 1. The highest BCUT2D eigenvalue weighted by atomic mass is 15.5. The molecule has 33 heavy (non-hydrogen) atoms. The molecule has 0 saturated heterocycles. The number of aromatic nitrogens is 7. The zero-order valence-corrected chi connectivity index (χ0v) is 18.8. The summed E-state index contributed by atoms with van der Waals surface area (Å²) < 4.78 is 2.09. The zero-order valence-electron chi connectivity index (χ0n) is 18.8. The molecular weight excluding hydrogens is 410 g/mol. The molecule has 0 bridgehead atoms. The van der Waals surface area contributed by atoms with E-state index in [1.807, 2.05) is 24.3 Å². The number of nitrogens with zero attached hydrogens (tertiary/aromatic N) is 6. The van der Waals surface area contributed by atoms with Gasteiger partial charge >= 0.3 is 0 Å². The molecule has 0 unspecified atom stereocenters. The lowest BCUT2D eigenvalue weighted by atomic mass is 9.89. The van der Waals surface area contributed by atoms with Gasteiger partial charge in [0.05, 0.1) is 0 Å². The van der Waals surface area contributed by atoms with Gasteiger partial charge in [0, 0.05) is 24.4 Å². The Labute approximate surface area is 194 Å². The minimum atomic E-state index is 0.506. The van der Waals surface area contributed by atoms with Gasteiger partial charge < -0.3 is 0 Å². The fraction of sp³-hybridized carbons (Fsp3) is 0.346. The molecule has 0 atom stereocenters. The Hall–Kier alpha value is -3.61. The minimum absolute atomic E-state index is 0.506. The van der Waals surface area contributed by atoms with Gasteiger partial charge in [0.15, 0.2) is 5.82 Å². The predicted octanol–water partition coefficient (Wildman–Crippen LogP) is 5.34. The average molecular weight is 440 g/mol. The quantitative estimate of drug-likeness (QED) is 0.375. The van der Waals surface area contributed by atoms with Crippen LogP contribution >= 0.6 is 0 Å². The first-order chi connectivity index (χ1) is 16.3. The van der Waals surface area contributed by atoms with Gasteiger partial charge in [-0.2, -0.15) is 10.3 Å². The Morgan fingerprint density at radius 2 is 1.79 bits per heavy atom. The van der Waals surface area contributed by atoms with Crippen LogP contribution in [0.5, 0.6) is 0 Å². The van der Waals surface area contributed by atoms with Crippen molar-refractivity contribution in [3.05, 3.63) is 78.4 Å². The molecule has 1 aliphatic carbocycles. The monoisotopic (exact) mass is 439 g/mol. The largest absolute Gasteiger partial charge is 0.249 e. The Morgan fingerprint density at radius 1 is 1.00 bits per heavy atom. The third-order valence-electron chi connectivity index (χ3n) is 6.42. The van der Waals surface area contributed by atoms with Crippen LogP contribution in [0.3, 0.4) is 0 Å². The number of nitrogens with one attached hydrogen (secondary N) is 1. The lowest BCUT2D eigenvalue weighted by molar-refractivity contribution is 0.425. The molecule has 7 nitrogen and oxygen atoms in total. The first-order valence-electron chi connectivity index (χ1n) is 11.8. The number of benzene rings is 2. The number of tetrazole rings is 1. The highest BCUT2D eigenvalue weighted by Crippen LogP contribution is 2.32. The molecule has 2 aromatic carbocycles. The van der Waals surface area contributed by atoms with Crippen LogP contribution in [-0.4, -0.2) is 35.4 Å². The fourth-order valence-electron chi connectivity index (χ4n) is 4.64. The molecule has 7 heteroatoms. The SMILES string of the molecule is C=CCCn1nc(C2CCCCC2)nc1Cc1ccc(-c2ccccc2-c2nn[nH]n2)cc1. The van der Waals surface area contributed by atoms with E-state index in [1.54, 1.807) is 0 Å². The highest BCUT2D eigenvalue weighted by Gasteiger charge is 2.21. The maximum absolute atomic E-state index is 5.00. The van der Waals surface area contributed by atoms with Crippen LogP contribution in [0.25, 0.3) is 22.5 Å². The lowest BCUT2D eigenvalue weighted by Crippen LogP contribution is -2.08. The molecule has 1 aliphatic rings. The molecule has 0 radical (unpaired) electrons. The number of aryl methyl sites for hydroxylation is 1. The lowest BCUT2D eigenvalue weighted by Gasteiger charge is -2.18. The van der Waals surface area contributed by atoms with E-state index in [0.29, 0.717) is 11.7 Å². The molecule has 1 fully saturated rings. The van der Waals surface area contributed by atoms with Gasteiger partial charge in [-0.3, -0.25) is 0 Å². The summed E-state index contributed by atoms with van der Waals surface area (Å²) in [4.78, 5) is 5.00.